The summed E-state index contributed by atoms with van der Waals surface area (Å²) in [5.41, 5.74) is 1.17. The van der Waals surface area contributed by atoms with Gasteiger partial charge in [0.2, 0.25) is 11.8 Å². The monoisotopic (exact) mass is 362 g/mol. The molecule has 1 saturated heterocycles. The number of nitrogens with one attached hydrogen (secondary N) is 1. The summed E-state index contributed by atoms with van der Waals surface area (Å²) >= 11 is 0. The Morgan fingerprint density at radius 2 is 1.73 bits per heavy atom. The lowest BCUT2D eigenvalue weighted by atomic mass is 10.0. The summed E-state index contributed by atoms with van der Waals surface area (Å²) in [5.74, 6) is -2.04. The molecule has 1 N–H and O–H groups in total. The van der Waals surface area contributed by atoms with E-state index in [1.165, 1.54) is 6.08 Å². The fourth-order valence-electron chi connectivity index (χ4n) is 2.75. The second kappa shape index (κ2) is 11.2. The number of amides is 4. The van der Waals surface area contributed by atoms with Gasteiger partial charge in [0.15, 0.2) is 0 Å². The van der Waals surface area contributed by atoms with E-state index in [2.05, 4.69) is 11.9 Å². The highest BCUT2D eigenvalue weighted by Crippen LogP contribution is 2.30. The topological polar surface area (TPSA) is 83.6 Å². The van der Waals surface area contributed by atoms with Crippen molar-refractivity contribution in [3.05, 3.63) is 35.5 Å². The van der Waals surface area contributed by atoms with E-state index in [4.69, 9.17) is 0 Å². The summed E-state index contributed by atoms with van der Waals surface area (Å²) in [6.07, 6.45) is 4.17. The third kappa shape index (κ3) is 4.77. The zero-order valence-corrected chi connectivity index (χ0v) is 16.6. The highest BCUT2D eigenvalue weighted by atomic mass is 16.2. The van der Waals surface area contributed by atoms with Gasteiger partial charge in [-0.2, -0.15) is 0 Å². The van der Waals surface area contributed by atoms with Crippen LogP contribution in [0.25, 0.3) is 0 Å². The van der Waals surface area contributed by atoms with Crippen molar-refractivity contribution in [2.24, 2.45) is 0 Å². The van der Waals surface area contributed by atoms with Crippen LogP contribution in [0.1, 0.15) is 60.8 Å². The van der Waals surface area contributed by atoms with Gasteiger partial charge in [0, 0.05) is 6.42 Å². The quantitative estimate of drug-likeness (QED) is 0.779. The van der Waals surface area contributed by atoms with Crippen molar-refractivity contribution in [3.63, 3.8) is 0 Å². The Bertz CT molecular complexity index is 644. The minimum Gasteiger partial charge on any atom is -0.295 e. The van der Waals surface area contributed by atoms with E-state index in [0.29, 0.717) is 5.57 Å². The van der Waals surface area contributed by atoms with E-state index in [1.54, 1.807) is 6.92 Å². The van der Waals surface area contributed by atoms with Crippen LogP contribution in [-0.2, 0) is 19.2 Å². The van der Waals surface area contributed by atoms with Gasteiger partial charge >= 0.3 is 0 Å². The molecule has 4 amide bonds. The fourth-order valence-corrected chi connectivity index (χ4v) is 2.75. The van der Waals surface area contributed by atoms with Crippen LogP contribution >= 0.6 is 0 Å². The van der Waals surface area contributed by atoms with E-state index in [0.717, 1.165) is 11.3 Å². The second-order valence-corrected chi connectivity index (χ2v) is 5.24. The van der Waals surface area contributed by atoms with Gasteiger partial charge in [-0.1, -0.05) is 53.3 Å². The summed E-state index contributed by atoms with van der Waals surface area (Å²) in [4.78, 5) is 49.2. The number of carbonyl (C=O) groups is 4. The van der Waals surface area contributed by atoms with Crippen molar-refractivity contribution in [3.8, 4) is 0 Å². The molecule has 2 heterocycles. The molecule has 26 heavy (non-hydrogen) atoms. The van der Waals surface area contributed by atoms with Crippen LogP contribution in [0.3, 0.4) is 0 Å². The summed E-state index contributed by atoms with van der Waals surface area (Å²) in [6, 6.07) is -0.945. The zero-order valence-electron chi connectivity index (χ0n) is 16.6. The molecular weight excluding hydrogens is 332 g/mol. The molecule has 0 saturated carbocycles. The lowest BCUT2D eigenvalue weighted by Crippen LogP contribution is -2.54. The van der Waals surface area contributed by atoms with Gasteiger partial charge in [-0.05, 0) is 25.3 Å². The lowest BCUT2D eigenvalue weighted by molar-refractivity contribution is -0.149. The average molecular weight is 362 g/mol. The summed E-state index contributed by atoms with van der Waals surface area (Å²) in [7, 11) is 0. The van der Waals surface area contributed by atoms with Crippen molar-refractivity contribution < 1.29 is 19.2 Å². The fraction of sp³-hybridized carbons (Fsp3) is 0.500. The van der Waals surface area contributed by atoms with Crippen molar-refractivity contribution >= 4 is 23.6 Å². The Kier molecular flexibility index (Phi) is 10.1. The Morgan fingerprint density at radius 3 is 2.19 bits per heavy atom. The SMILES string of the molecule is C=CC1=C(/C(C)=C\CC)C(=O)N(C2CCC(=O)NC2=O)C1=O.CC.CC. The Labute approximate surface area is 156 Å². The largest absolute Gasteiger partial charge is 0.295 e. The van der Waals surface area contributed by atoms with Gasteiger partial charge in [-0.25, -0.2) is 0 Å². The van der Waals surface area contributed by atoms with Gasteiger partial charge < -0.3 is 0 Å². The lowest BCUT2D eigenvalue weighted by Gasteiger charge is -2.28. The number of imide groups is 2. The van der Waals surface area contributed by atoms with E-state index in [9.17, 15) is 19.2 Å². The minimum atomic E-state index is -0.945. The predicted molar refractivity (Wildman–Crippen MR) is 102 cm³/mol. The van der Waals surface area contributed by atoms with Crippen LogP contribution in [-0.4, -0.2) is 34.6 Å². The van der Waals surface area contributed by atoms with E-state index < -0.39 is 23.8 Å². The number of carbonyl (C=O) groups excluding carboxylic acids is 4. The highest BCUT2D eigenvalue weighted by molar-refractivity contribution is 6.24. The van der Waals surface area contributed by atoms with Crippen LogP contribution in [0.5, 0.6) is 0 Å². The second-order valence-electron chi connectivity index (χ2n) is 5.24. The molecule has 2 aliphatic heterocycles. The third-order valence-electron chi connectivity index (χ3n) is 3.78. The number of allylic oxidation sites excluding steroid dienone is 1. The number of rotatable bonds is 4. The molecule has 6 nitrogen and oxygen atoms in total. The Balaban J connectivity index is 0.00000146. The predicted octanol–water partition coefficient (Wildman–Crippen LogP) is 3.05. The first-order valence-corrected chi connectivity index (χ1v) is 9.17. The molecule has 0 aromatic rings. The van der Waals surface area contributed by atoms with Crippen LogP contribution < -0.4 is 5.32 Å². The molecule has 0 radical (unpaired) electrons. The number of piperidine rings is 1. The molecule has 1 fully saturated rings. The van der Waals surface area contributed by atoms with Crippen molar-refractivity contribution in [1.82, 2.24) is 10.2 Å². The summed E-state index contributed by atoms with van der Waals surface area (Å²) < 4.78 is 0. The van der Waals surface area contributed by atoms with Gasteiger partial charge in [-0.3, -0.25) is 29.4 Å². The van der Waals surface area contributed by atoms with Gasteiger partial charge in [0.05, 0.1) is 11.1 Å². The molecule has 144 valence electrons. The average Bonchev–Trinajstić information content (AvgIpc) is 2.89. The van der Waals surface area contributed by atoms with Gasteiger partial charge in [0.1, 0.15) is 6.04 Å². The molecule has 0 aromatic carbocycles. The standard InChI is InChI=1S/C16H18N2O4.2C2H6/c1-4-6-9(3)13-10(5-2)15(21)18(16(13)22)11-7-8-12(19)17-14(11)20;2*1-2/h5-6,11H,2,4,7-8H2,1,3H3,(H,17,19,20);2*1-2H3/b9-6-;;. The molecule has 1 unspecified atom stereocenters. The number of hydrogen-bond donors (Lipinski definition) is 1. The molecule has 6 heteroatoms. The van der Waals surface area contributed by atoms with Crippen molar-refractivity contribution in [1.29, 1.82) is 0 Å². The smallest absolute Gasteiger partial charge is 0.262 e. The molecule has 0 spiro atoms. The van der Waals surface area contributed by atoms with Crippen LogP contribution in [0.15, 0.2) is 35.5 Å². The number of nitrogens with zero attached hydrogens (tertiary/aromatic N) is 1. The van der Waals surface area contributed by atoms with Crippen LogP contribution in [0.2, 0.25) is 0 Å². The Hall–Kier alpha value is -2.50. The summed E-state index contributed by atoms with van der Waals surface area (Å²) in [5, 5.41) is 2.17. The molecule has 0 aromatic heterocycles. The first-order chi connectivity index (χ1) is 12.4. The molecule has 1 atom stereocenters. The van der Waals surface area contributed by atoms with E-state index >= 15 is 0 Å². The maximum atomic E-state index is 12.6. The van der Waals surface area contributed by atoms with E-state index in [1.807, 2.05) is 40.7 Å². The van der Waals surface area contributed by atoms with Crippen LogP contribution in [0.4, 0.5) is 0 Å². The van der Waals surface area contributed by atoms with Gasteiger partial charge in [-0.15, -0.1) is 0 Å². The van der Waals surface area contributed by atoms with Crippen LogP contribution in [0, 0.1) is 0 Å². The van der Waals surface area contributed by atoms with Crippen molar-refractivity contribution in [2.45, 2.75) is 66.8 Å². The number of hydrogen-bond acceptors (Lipinski definition) is 4. The van der Waals surface area contributed by atoms with Gasteiger partial charge in [0.25, 0.3) is 11.8 Å². The van der Waals surface area contributed by atoms with E-state index in [-0.39, 0.29) is 29.9 Å². The molecule has 0 aliphatic carbocycles. The highest BCUT2D eigenvalue weighted by Gasteiger charge is 2.45. The Morgan fingerprint density at radius 1 is 1.15 bits per heavy atom. The maximum absolute atomic E-state index is 12.6. The maximum Gasteiger partial charge on any atom is 0.262 e. The van der Waals surface area contributed by atoms with Crippen molar-refractivity contribution in [2.75, 3.05) is 0 Å². The molecule has 0 bridgehead atoms. The molecular formula is C20H30N2O4. The first-order valence-electron chi connectivity index (χ1n) is 9.17. The third-order valence-corrected chi connectivity index (χ3v) is 3.78. The minimum absolute atomic E-state index is 0.107. The first kappa shape index (κ1) is 23.5. The normalized spacial score (nSPS) is 20.2. The molecule has 2 aliphatic rings. The zero-order chi connectivity index (χ0) is 20.4. The molecule has 2 rings (SSSR count). The summed E-state index contributed by atoms with van der Waals surface area (Å²) in [6.45, 7) is 15.3.